The van der Waals surface area contributed by atoms with Gasteiger partial charge in [-0.25, -0.2) is 4.98 Å². The zero-order valence-electron chi connectivity index (χ0n) is 10.2. The molecule has 3 aromatic rings. The zero-order chi connectivity index (χ0) is 13.1. The van der Waals surface area contributed by atoms with Crippen LogP contribution in [0.5, 0.6) is 11.6 Å². The van der Waals surface area contributed by atoms with Gasteiger partial charge in [0.05, 0.1) is 0 Å². The highest BCUT2D eigenvalue weighted by Gasteiger charge is 2.05. The van der Waals surface area contributed by atoms with Crippen molar-refractivity contribution >= 4 is 26.7 Å². The number of hydrogen-bond acceptors (Lipinski definition) is 2. The van der Waals surface area contributed by atoms with Gasteiger partial charge in [-0.05, 0) is 29.0 Å². The van der Waals surface area contributed by atoms with Crippen LogP contribution in [0.2, 0.25) is 0 Å². The molecule has 2 aromatic carbocycles. The Morgan fingerprint density at radius 1 is 0.947 bits per heavy atom. The Balaban J connectivity index is 1.96. The van der Waals surface area contributed by atoms with Crippen LogP contribution in [0, 0.1) is 0 Å². The first kappa shape index (κ1) is 12.2. The van der Waals surface area contributed by atoms with Crippen molar-refractivity contribution in [3.05, 3.63) is 66.4 Å². The molecule has 3 heteroatoms. The fourth-order valence-corrected chi connectivity index (χ4v) is 2.39. The van der Waals surface area contributed by atoms with Crippen LogP contribution in [-0.2, 0) is 5.33 Å². The maximum absolute atomic E-state index is 5.87. The number of aromatic nitrogens is 1. The molecule has 1 heterocycles. The Morgan fingerprint density at radius 3 is 2.63 bits per heavy atom. The van der Waals surface area contributed by atoms with Crippen LogP contribution in [0.4, 0.5) is 0 Å². The van der Waals surface area contributed by atoms with E-state index < -0.39 is 0 Å². The Bertz CT molecular complexity index is 712. The number of benzene rings is 2. The Morgan fingerprint density at radius 2 is 1.79 bits per heavy atom. The topological polar surface area (TPSA) is 22.1 Å². The lowest BCUT2D eigenvalue weighted by molar-refractivity contribution is 0.459. The molecule has 19 heavy (non-hydrogen) atoms. The average Bonchev–Trinajstić information content (AvgIpc) is 2.48. The summed E-state index contributed by atoms with van der Waals surface area (Å²) < 4.78 is 5.87. The van der Waals surface area contributed by atoms with E-state index in [2.05, 4.69) is 39.1 Å². The summed E-state index contributed by atoms with van der Waals surface area (Å²) in [5.41, 5.74) is 1.04. The molecule has 0 radical (unpaired) electrons. The fraction of sp³-hybridized carbons (Fsp3) is 0.0625. The average molecular weight is 314 g/mol. The third kappa shape index (κ3) is 2.61. The molecular weight excluding hydrogens is 302 g/mol. The Labute approximate surface area is 120 Å². The third-order valence-corrected chi connectivity index (χ3v) is 3.53. The van der Waals surface area contributed by atoms with Crippen LogP contribution in [0.1, 0.15) is 5.56 Å². The van der Waals surface area contributed by atoms with E-state index in [9.17, 15) is 0 Å². The summed E-state index contributed by atoms with van der Waals surface area (Å²) in [6.07, 6.45) is 1.74. The fourth-order valence-electron chi connectivity index (χ4n) is 1.96. The van der Waals surface area contributed by atoms with Crippen molar-refractivity contribution in [3.8, 4) is 11.6 Å². The second-order valence-corrected chi connectivity index (χ2v) is 4.77. The number of fused-ring (bicyclic) bond motifs is 1. The predicted molar refractivity (Wildman–Crippen MR) is 80.9 cm³/mol. The second-order valence-electron chi connectivity index (χ2n) is 4.21. The molecule has 3 rings (SSSR count). The standard InChI is InChI=1S/C16H12BrNO/c17-11-14-6-3-9-18-16(14)19-15-8-7-12-4-1-2-5-13(12)10-15/h1-10H,11H2. The summed E-state index contributed by atoms with van der Waals surface area (Å²) in [7, 11) is 0. The molecule has 0 spiro atoms. The first-order valence-corrected chi connectivity index (χ1v) is 7.15. The maximum Gasteiger partial charge on any atom is 0.223 e. The molecular formula is C16H12BrNO. The van der Waals surface area contributed by atoms with E-state index in [4.69, 9.17) is 4.74 Å². The summed E-state index contributed by atoms with van der Waals surface area (Å²) in [5.74, 6) is 1.45. The van der Waals surface area contributed by atoms with Crippen LogP contribution in [0.3, 0.4) is 0 Å². The molecule has 1 aromatic heterocycles. The van der Waals surface area contributed by atoms with E-state index in [0.29, 0.717) is 5.88 Å². The van der Waals surface area contributed by atoms with Gasteiger partial charge >= 0.3 is 0 Å². The van der Waals surface area contributed by atoms with Crippen molar-refractivity contribution in [1.29, 1.82) is 0 Å². The van der Waals surface area contributed by atoms with E-state index in [0.717, 1.165) is 22.0 Å². The smallest absolute Gasteiger partial charge is 0.223 e. The summed E-state index contributed by atoms with van der Waals surface area (Å²) >= 11 is 3.44. The first-order valence-electron chi connectivity index (χ1n) is 6.03. The molecule has 0 atom stereocenters. The summed E-state index contributed by atoms with van der Waals surface area (Å²) in [4.78, 5) is 4.27. The van der Waals surface area contributed by atoms with Crippen LogP contribution >= 0.6 is 15.9 Å². The van der Waals surface area contributed by atoms with Crippen LogP contribution in [0.15, 0.2) is 60.8 Å². The van der Waals surface area contributed by atoms with E-state index >= 15 is 0 Å². The van der Waals surface area contributed by atoms with E-state index in [-0.39, 0.29) is 0 Å². The highest BCUT2D eigenvalue weighted by molar-refractivity contribution is 9.08. The predicted octanol–water partition coefficient (Wildman–Crippen LogP) is 4.92. The summed E-state index contributed by atoms with van der Waals surface area (Å²) in [6.45, 7) is 0. The molecule has 0 aliphatic carbocycles. The number of pyridine rings is 1. The van der Waals surface area contributed by atoms with Crippen molar-refractivity contribution < 1.29 is 4.74 Å². The SMILES string of the molecule is BrCc1cccnc1Oc1ccc2ccccc2c1. The van der Waals surface area contributed by atoms with Crippen LogP contribution in [0.25, 0.3) is 10.8 Å². The highest BCUT2D eigenvalue weighted by atomic mass is 79.9. The minimum atomic E-state index is 0.648. The first-order chi connectivity index (χ1) is 9.36. The normalized spacial score (nSPS) is 10.6. The van der Waals surface area contributed by atoms with Gasteiger partial charge in [-0.3, -0.25) is 0 Å². The van der Waals surface area contributed by atoms with Gasteiger partial charge < -0.3 is 4.74 Å². The lowest BCUT2D eigenvalue weighted by Crippen LogP contribution is -1.92. The van der Waals surface area contributed by atoms with E-state index in [1.54, 1.807) is 6.20 Å². The van der Waals surface area contributed by atoms with Gasteiger partial charge in [0, 0.05) is 17.1 Å². The van der Waals surface area contributed by atoms with Gasteiger partial charge in [0.15, 0.2) is 0 Å². The minimum absolute atomic E-state index is 0.648. The number of halogens is 1. The molecule has 0 saturated heterocycles. The van der Waals surface area contributed by atoms with Gasteiger partial charge in [0.1, 0.15) is 5.75 Å². The molecule has 0 aliphatic heterocycles. The van der Waals surface area contributed by atoms with Crippen molar-refractivity contribution in [3.63, 3.8) is 0 Å². The zero-order valence-corrected chi connectivity index (χ0v) is 11.8. The van der Waals surface area contributed by atoms with Gasteiger partial charge in [-0.2, -0.15) is 0 Å². The molecule has 0 N–H and O–H groups in total. The van der Waals surface area contributed by atoms with E-state index in [1.165, 1.54) is 5.39 Å². The van der Waals surface area contributed by atoms with Gasteiger partial charge in [0.25, 0.3) is 0 Å². The summed E-state index contributed by atoms with van der Waals surface area (Å²) in [5, 5.41) is 3.09. The van der Waals surface area contributed by atoms with Crippen molar-refractivity contribution in [2.45, 2.75) is 5.33 Å². The maximum atomic E-state index is 5.87. The molecule has 0 amide bonds. The minimum Gasteiger partial charge on any atom is -0.439 e. The lowest BCUT2D eigenvalue weighted by Gasteiger charge is -2.08. The molecule has 2 nitrogen and oxygen atoms in total. The molecule has 0 aliphatic rings. The van der Waals surface area contributed by atoms with Crippen LogP contribution < -0.4 is 4.74 Å². The number of rotatable bonds is 3. The number of ether oxygens (including phenoxy) is 1. The van der Waals surface area contributed by atoms with Crippen molar-refractivity contribution in [2.75, 3.05) is 0 Å². The lowest BCUT2D eigenvalue weighted by atomic mass is 10.1. The molecule has 0 bridgehead atoms. The van der Waals surface area contributed by atoms with Crippen molar-refractivity contribution in [2.24, 2.45) is 0 Å². The van der Waals surface area contributed by atoms with Gasteiger partial charge in [-0.15, -0.1) is 0 Å². The Kier molecular flexibility index (Phi) is 3.47. The third-order valence-electron chi connectivity index (χ3n) is 2.93. The summed E-state index contributed by atoms with van der Waals surface area (Å²) in [6, 6.07) is 18.2. The monoisotopic (exact) mass is 313 g/mol. The Hall–Kier alpha value is -1.87. The quantitative estimate of drug-likeness (QED) is 0.640. The molecule has 0 saturated carbocycles. The number of alkyl halides is 1. The number of hydrogen-bond donors (Lipinski definition) is 0. The van der Waals surface area contributed by atoms with Crippen molar-refractivity contribution in [1.82, 2.24) is 4.98 Å². The molecule has 0 fully saturated rings. The largest absolute Gasteiger partial charge is 0.439 e. The highest BCUT2D eigenvalue weighted by Crippen LogP contribution is 2.27. The van der Waals surface area contributed by atoms with E-state index in [1.807, 2.05) is 36.4 Å². The molecule has 94 valence electrons. The van der Waals surface area contributed by atoms with Crippen LogP contribution in [-0.4, -0.2) is 4.98 Å². The van der Waals surface area contributed by atoms with Gasteiger partial charge in [-0.1, -0.05) is 52.3 Å². The second kappa shape index (κ2) is 5.41. The number of nitrogens with zero attached hydrogens (tertiary/aromatic N) is 1. The molecule has 0 unspecified atom stereocenters. The van der Waals surface area contributed by atoms with Gasteiger partial charge in [0.2, 0.25) is 5.88 Å².